The summed E-state index contributed by atoms with van der Waals surface area (Å²) in [6.07, 6.45) is 16.0. The zero-order valence-corrected chi connectivity index (χ0v) is 8.86. The molecule has 0 bridgehead atoms. The van der Waals surface area contributed by atoms with Gasteiger partial charge in [0.15, 0.2) is 0 Å². The van der Waals surface area contributed by atoms with E-state index in [2.05, 4.69) is 18.2 Å². The number of rotatable bonds is 0. The van der Waals surface area contributed by atoms with E-state index in [-0.39, 0.29) is 42.2 Å². The van der Waals surface area contributed by atoms with Gasteiger partial charge in [0.25, 0.3) is 0 Å². The molecule has 2 rings (SSSR count). The van der Waals surface area contributed by atoms with Crippen LogP contribution in [0.4, 0.5) is 0 Å². The standard InChI is InChI=1S/C5H5.C3H3.2ClH.Cr/c1-2-4-5-3-1;1-2-3-1;;;/h1-3H,4H2;1H,2H2;2*1H;/q2*-1;;;+2. The fourth-order valence-electron chi connectivity index (χ4n) is 0.340. The smallest absolute Gasteiger partial charge is 0.502 e. The van der Waals surface area contributed by atoms with Crippen molar-refractivity contribution in [1.29, 1.82) is 0 Å². The van der Waals surface area contributed by atoms with E-state index in [0.29, 0.717) is 0 Å². The minimum atomic E-state index is 0. The van der Waals surface area contributed by atoms with Crippen molar-refractivity contribution in [2.75, 3.05) is 0 Å². The molecule has 0 aromatic carbocycles. The fourth-order valence-corrected chi connectivity index (χ4v) is 0.340. The predicted molar refractivity (Wildman–Crippen MR) is 48.5 cm³/mol. The quantitative estimate of drug-likeness (QED) is 0.560. The van der Waals surface area contributed by atoms with Gasteiger partial charge in [-0.1, -0.05) is 0 Å². The maximum atomic E-state index is 2.99. The summed E-state index contributed by atoms with van der Waals surface area (Å²) in [5.41, 5.74) is 0. The van der Waals surface area contributed by atoms with E-state index in [1.807, 2.05) is 18.2 Å². The number of halogens is 2. The van der Waals surface area contributed by atoms with Crippen molar-refractivity contribution in [2.24, 2.45) is 0 Å². The predicted octanol–water partition coefficient (Wildman–Crippen LogP) is 2.90. The Morgan fingerprint density at radius 2 is 1.55 bits per heavy atom. The normalized spacial score (nSPS) is 13.1. The summed E-state index contributed by atoms with van der Waals surface area (Å²) in [4.78, 5) is 0. The first-order valence-electron chi connectivity index (χ1n) is 2.77. The first-order valence-corrected chi connectivity index (χ1v) is 2.77. The van der Waals surface area contributed by atoms with Gasteiger partial charge in [0.2, 0.25) is 0 Å². The first kappa shape index (κ1) is 17.4. The molecule has 0 aliphatic heterocycles. The van der Waals surface area contributed by atoms with E-state index in [0.717, 1.165) is 12.8 Å². The maximum Gasteiger partial charge on any atom is 2.00 e. The average Bonchev–Trinajstić information content (AvgIpc) is 2.55. The molecule has 2 aliphatic carbocycles. The third-order valence-corrected chi connectivity index (χ3v) is 0.790. The Hall–Kier alpha value is 0.332. The van der Waals surface area contributed by atoms with Gasteiger partial charge in [0.05, 0.1) is 0 Å². The van der Waals surface area contributed by atoms with Crippen LogP contribution in [0.3, 0.4) is 0 Å². The van der Waals surface area contributed by atoms with E-state index in [4.69, 9.17) is 0 Å². The molecule has 3 heteroatoms. The summed E-state index contributed by atoms with van der Waals surface area (Å²) in [5, 5.41) is 0. The van der Waals surface area contributed by atoms with Gasteiger partial charge in [0, 0.05) is 0 Å². The topological polar surface area (TPSA) is 0 Å². The van der Waals surface area contributed by atoms with E-state index in [9.17, 15) is 0 Å². The molecule has 0 radical (unpaired) electrons. The number of hydrogen-bond donors (Lipinski definition) is 0. The van der Waals surface area contributed by atoms with Gasteiger partial charge in [-0.15, -0.1) is 31.2 Å². The molecule has 62 valence electrons. The fraction of sp³-hybridized carbons (Fsp3) is 0.250. The van der Waals surface area contributed by atoms with Crippen LogP contribution < -0.4 is 0 Å². The zero-order valence-electron chi connectivity index (χ0n) is 5.95. The van der Waals surface area contributed by atoms with Crippen molar-refractivity contribution >= 4 is 24.8 Å². The van der Waals surface area contributed by atoms with Crippen molar-refractivity contribution in [3.8, 4) is 0 Å². The number of allylic oxidation sites excluding steroid dienone is 6. The Bertz CT molecular complexity index is 125. The van der Waals surface area contributed by atoms with Crippen molar-refractivity contribution in [3.63, 3.8) is 0 Å². The maximum absolute atomic E-state index is 2.99. The third kappa shape index (κ3) is 17.9. The van der Waals surface area contributed by atoms with Crippen molar-refractivity contribution in [3.05, 3.63) is 36.5 Å². The van der Waals surface area contributed by atoms with Crippen LogP contribution >= 0.6 is 24.8 Å². The van der Waals surface area contributed by atoms with Crippen LogP contribution in [0.2, 0.25) is 0 Å². The summed E-state index contributed by atoms with van der Waals surface area (Å²) in [7, 11) is 0. The molecule has 0 saturated heterocycles. The van der Waals surface area contributed by atoms with Gasteiger partial charge in [-0.05, 0) is 0 Å². The molecule has 0 unspecified atom stereocenters. The molecule has 0 aromatic rings. The second-order valence-electron chi connectivity index (χ2n) is 1.62. The summed E-state index contributed by atoms with van der Waals surface area (Å²) >= 11 is 0. The van der Waals surface area contributed by atoms with Crippen LogP contribution in [0.15, 0.2) is 24.3 Å². The van der Waals surface area contributed by atoms with Gasteiger partial charge in [0.1, 0.15) is 0 Å². The average molecular weight is 229 g/mol. The van der Waals surface area contributed by atoms with Crippen molar-refractivity contribution < 1.29 is 17.4 Å². The van der Waals surface area contributed by atoms with E-state index >= 15 is 0 Å². The molecular formula is C8H10Cl2Cr. The number of hydrogen-bond acceptors (Lipinski definition) is 0. The summed E-state index contributed by atoms with van der Waals surface area (Å²) < 4.78 is 0. The molecule has 0 nitrogen and oxygen atoms in total. The molecule has 0 saturated carbocycles. The van der Waals surface area contributed by atoms with E-state index in [1.54, 1.807) is 0 Å². The Balaban J connectivity index is -0.0000000967. The van der Waals surface area contributed by atoms with Crippen molar-refractivity contribution in [2.45, 2.75) is 12.8 Å². The molecule has 0 aromatic heterocycles. The Labute approximate surface area is 91.4 Å². The SMILES string of the molecule is Cl.Cl.[C-]1=CC1.[C-]1=CC=CC1.[Cr+2]. The Morgan fingerprint density at radius 3 is 1.64 bits per heavy atom. The van der Waals surface area contributed by atoms with Crippen LogP contribution in [0.25, 0.3) is 0 Å². The molecule has 0 spiro atoms. The summed E-state index contributed by atoms with van der Waals surface area (Å²) in [6.45, 7) is 0. The molecule has 0 atom stereocenters. The van der Waals surface area contributed by atoms with Crippen LogP contribution in [0, 0.1) is 12.2 Å². The van der Waals surface area contributed by atoms with E-state index < -0.39 is 0 Å². The molecule has 2 aliphatic rings. The van der Waals surface area contributed by atoms with Crippen LogP contribution in [-0.2, 0) is 17.4 Å². The molecule has 0 N–H and O–H groups in total. The van der Waals surface area contributed by atoms with Crippen LogP contribution in [-0.4, -0.2) is 0 Å². The molecular weight excluding hydrogens is 219 g/mol. The third-order valence-electron chi connectivity index (χ3n) is 0.790. The first-order chi connectivity index (χ1) is 4.00. The summed E-state index contributed by atoms with van der Waals surface area (Å²) in [6, 6.07) is 0. The second-order valence-corrected chi connectivity index (χ2v) is 1.62. The molecule has 0 heterocycles. The second kappa shape index (κ2) is 13.0. The minimum Gasteiger partial charge on any atom is -0.502 e. The largest absolute Gasteiger partial charge is 2.00 e. The Kier molecular flexibility index (Phi) is 20.5. The van der Waals surface area contributed by atoms with Crippen LogP contribution in [0.5, 0.6) is 0 Å². The zero-order chi connectivity index (χ0) is 5.66. The minimum absolute atomic E-state index is 0. The Morgan fingerprint density at radius 1 is 1.00 bits per heavy atom. The molecule has 0 fully saturated rings. The van der Waals surface area contributed by atoms with Gasteiger partial charge >= 0.3 is 17.4 Å². The molecule has 11 heavy (non-hydrogen) atoms. The van der Waals surface area contributed by atoms with Gasteiger partial charge in [-0.2, -0.15) is 6.08 Å². The van der Waals surface area contributed by atoms with E-state index in [1.165, 1.54) is 0 Å². The van der Waals surface area contributed by atoms with Crippen molar-refractivity contribution in [1.82, 2.24) is 0 Å². The monoisotopic (exact) mass is 228 g/mol. The van der Waals surface area contributed by atoms with Gasteiger partial charge in [-0.3, -0.25) is 12.2 Å². The summed E-state index contributed by atoms with van der Waals surface area (Å²) in [5.74, 6) is 0. The van der Waals surface area contributed by atoms with Crippen LogP contribution in [0.1, 0.15) is 12.8 Å². The van der Waals surface area contributed by atoms with Gasteiger partial charge < -0.3 is 6.08 Å². The molecule has 0 amide bonds. The van der Waals surface area contributed by atoms with Gasteiger partial charge in [-0.25, -0.2) is 18.6 Å².